The summed E-state index contributed by atoms with van der Waals surface area (Å²) < 4.78 is 27.8. The van der Waals surface area contributed by atoms with Gasteiger partial charge in [-0.1, -0.05) is 0 Å². The summed E-state index contributed by atoms with van der Waals surface area (Å²) in [5, 5.41) is 1.81. The molecule has 0 fully saturated rings. The Morgan fingerprint density at radius 2 is 2.00 bits per heavy atom. The zero-order valence-electron chi connectivity index (χ0n) is 9.82. The largest absolute Gasteiger partial charge is 0.299 e. The average molecular weight is 358 g/mol. The normalized spacial score (nSPS) is 14.1. The maximum Gasteiger partial charge on any atom is 0.299 e. The minimum atomic E-state index is -0.910. The molecule has 0 spiro atoms. The zero-order valence-corrected chi connectivity index (χ0v) is 12.2. The van der Waals surface area contributed by atoms with Crippen LogP contribution in [0, 0.1) is 11.6 Å². The summed E-state index contributed by atoms with van der Waals surface area (Å²) in [5.41, 5.74) is -0.373. The second kappa shape index (κ2) is 4.75. The van der Waals surface area contributed by atoms with E-state index in [0.717, 1.165) is 20.3 Å². The summed E-state index contributed by atoms with van der Waals surface area (Å²) in [4.78, 5) is 25.6. The number of rotatable bonds is 2. The van der Waals surface area contributed by atoms with E-state index in [1.54, 1.807) is 6.07 Å². The van der Waals surface area contributed by atoms with Gasteiger partial charge < -0.3 is 0 Å². The number of carbonyl (C=O) groups is 2. The van der Waals surface area contributed by atoms with Crippen LogP contribution in [-0.2, 0) is 11.3 Å². The number of halogens is 3. The van der Waals surface area contributed by atoms with Crippen molar-refractivity contribution in [2.75, 3.05) is 4.90 Å². The molecule has 1 aliphatic rings. The molecule has 0 radical (unpaired) electrons. The average Bonchev–Trinajstić information content (AvgIpc) is 2.88. The van der Waals surface area contributed by atoms with Crippen LogP contribution in [-0.4, -0.2) is 11.7 Å². The van der Waals surface area contributed by atoms with Crippen LogP contribution in [0.4, 0.5) is 14.5 Å². The second-order valence-corrected chi connectivity index (χ2v) is 6.05. The molecule has 1 aromatic heterocycles. The Balaban J connectivity index is 2.09. The SMILES string of the molecule is O=C1C(=O)N(Cc2sccc2Br)c2c(F)cc(F)cc21. The highest BCUT2D eigenvalue weighted by Gasteiger charge is 2.39. The Morgan fingerprint density at radius 1 is 1.25 bits per heavy atom. The molecule has 0 saturated carbocycles. The first-order valence-corrected chi connectivity index (χ1v) is 7.23. The molecular weight excluding hydrogens is 352 g/mol. The predicted octanol–water partition coefficient (Wildman–Crippen LogP) is 3.52. The molecule has 0 saturated heterocycles. The quantitative estimate of drug-likeness (QED) is 0.771. The van der Waals surface area contributed by atoms with Gasteiger partial charge in [-0.25, -0.2) is 8.78 Å². The first kappa shape index (κ1) is 13.4. The first-order chi connectivity index (χ1) is 9.49. The molecule has 1 aromatic carbocycles. The van der Waals surface area contributed by atoms with Gasteiger partial charge in [0.15, 0.2) is 5.82 Å². The molecule has 0 atom stereocenters. The van der Waals surface area contributed by atoms with Crippen LogP contribution < -0.4 is 4.90 Å². The van der Waals surface area contributed by atoms with Crippen LogP contribution in [0.2, 0.25) is 0 Å². The van der Waals surface area contributed by atoms with E-state index >= 15 is 0 Å². The molecule has 102 valence electrons. The molecule has 7 heteroatoms. The van der Waals surface area contributed by atoms with E-state index in [2.05, 4.69) is 15.9 Å². The molecule has 2 aromatic rings. The minimum absolute atomic E-state index is 0.0678. The fourth-order valence-electron chi connectivity index (χ4n) is 2.09. The van der Waals surface area contributed by atoms with Gasteiger partial charge in [0, 0.05) is 15.4 Å². The Kier molecular flexibility index (Phi) is 3.18. The lowest BCUT2D eigenvalue weighted by molar-refractivity contribution is -0.114. The minimum Gasteiger partial charge on any atom is -0.297 e. The lowest BCUT2D eigenvalue weighted by Crippen LogP contribution is -2.29. The number of amides is 1. The molecule has 20 heavy (non-hydrogen) atoms. The van der Waals surface area contributed by atoms with E-state index in [4.69, 9.17) is 0 Å². The summed E-state index contributed by atoms with van der Waals surface area (Å²) in [5.74, 6) is -3.51. The number of carbonyl (C=O) groups excluding carboxylic acids is 2. The van der Waals surface area contributed by atoms with E-state index in [9.17, 15) is 18.4 Å². The highest BCUT2D eigenvalue weighted by molar-refractivity contribution is 9.10. The molecular formula is C13H6BrF2NO2S. The Bertz CT molecular complexity index is 744. The lowest BCUT2D eigenvalue weighted by Gasteiger charge is -2.16. The van der Waals surface area contributed by atoms with Crippen molar-refractivity contribution in [1.29, 1.82) is 0 Å². The van der Waals surface area contributed by atoms with Gasteiger partial charge in [0.2, 0.25) is 0 Å². The van der Waals surface area contributed by atoms with E-state index in [-0.39, 0.29) is 17.8 Å². The Morgan fingerprint density at radius 3 is 2.65 bits per heavy atom. The third kappa shape index (κ3) is 1.97. The monoisotopic (exact) mass is 357 g/mol. The Labute approximate surface area is 124 Å². The van der Waals surface area contributed by atoms with Crippen LogP contribution >= 0.6 is 27.3 Å². The smallest absolute Gasteiger partial charge is 0.297 e. The molecule has 3 rings (SSSR count). The Hall–Kier alpha value is -1.60. The second-order valence-electron chi connectivity index (χ2n) is 4.20. The third-order valence-electron chi connectivity index (χ3n) is 2.97. The van der Waals surface area contributed by atoms with Crippen LogP contribution in [0.15, 0.2) is 28.1 Å². The van der Waals surface area contributed by atoms with Crippen LogP contribution in [0.3, 0.4) is 0 Å². The van der Waals surface area contributed by atoms with E-state index in [1.165, 1.54) is 11.3 Å². The highest BCUT2D eigenvalue weighted by Crippen LogP contribution is 2.35. The number of anilines is 1. The van der Waals surface area contributed by atoms with Gasteiger partial charge in [-0.05, 0) is 33.4 Å². The van der Waals surface area contributed by atoms with E-state index < -0.39 is 23.3 Å². The number of ketones is 1. The number of Topliss-reactive ketones (excluding diaryl/α,β-unsaturated/α-hetero) is 1. The topological polar surface area (TPSA) is 37.4 Å². The summed E-state index contributed by atoms with van der Waals surface area (Å²) in [7, 11) is 0. The summed E-state index contributed by atoms with van der Waals surface area (Å²) >= 11 is 4.69. The number of hydrogen-bond acceptors (Lipinski definition) is 3. The van der Waals surface area contributed by atoms with Crippen LogP contribution in [0.1, 0.15) is 15.2 Å². The summed E-state index contributed by atoms with van der Waals surface area (Å²) in [6.07, 6.45) is 0. The van der Waals surface area contributed by atoms with Gasteiger partial charge in [-0.15, -0.1) is 11.3 Å². The van der Waals surface area contributed by atoms with Gasteiger partial charge in [0.25, 0.3) is 11.7 Å². The number of nitrogens with zero attached hydrogens (tertiary/aromatic N) is 1. The van der Waals surface area contributed by atoms with Crippen molar-refractivity contribution in [3.63, 3.8) is 0 Å². The van der Waals surface area contributed by atoms with Gasteiger partial charge in [0.05, 0.1) is 17.8 Å². The molecule has 1 aliphatic heterocycles. The fourth-order valence-corrected chi connectivity index (χ4v) is 3.55. The summed E-state index contributed by atoms with van der Waals surface area (Å²) in [6.45, 7) is 0.0678. The van der Waals surface area contributed by atoms with Crippen molar-refractivity contribution in [2.45, 2.75) is 6.54 Å². The maximum absolute atomic E-state index is 13.9. The van der Waals surface area contributed by atoms with Gasteiger partial charge in [-0.2, -0.15) is 0 Å². The standard InChI is InChI=1S/C13H6BrF2NO2S/c14-8-1-2-20-10(8)5-17-11-7(12(18)13(17)19)3-6(15)4-9(11)16/h1-4H,5H2. The zero-order chi connectivity index (χ0) is 14.4. The van der Waals surface area contributed by atoms with Crippen molar-refractivity contribution < 1.29 is 18.4 Å². The van der Waals surface area contributed by atoms with Gasteiger partial charge in [-0.3, -0.25) is 14.5 Å². The first-order valence-electron chi connectivity index (χ1n) is 5.56. The van der Waals surface area contributed by atoms with Crippen molar-refractivity contribution in [2.24, 2.45) is 0 Å². The molecule has 0 aliphatic carbocycles. The van der Waals surface area contributed by atoms with Crippen LogP contribution in [0.25, 0.3) is 0 Å². The highest BCUT2D eigenvalue weighted by atomic mass is 79.9. The van der Waals surface area contributed by atoms with E-state index in [1.807, 2.05) is 5.38 Å². The van der Waals surface area contributed by atoms with Crippen molar-refractivity contribution in [1.82, 2.24) is 0 Å². The molecule has 1 amide bonds. The fraction of sp³-hybridized carbons (Fsp3) is 0.0769. The van der Waals surface area contributed by atoms with Crippen LogP contribution in [0.5, 0.6) is 0 Å². The molecule has 3 nitrogen and oxygen atoms in total. The lowest BCUT2D eigenvalue weighted by atomic mass is 10.1. The molecule has 0 bridgehead atoms. The molecule has 2 heterocycles. The van der Waals surface area contributed by atoms with Crippen molar-refractivity contribution in [3.05, 3.63) is 50.1 Å². The number of fused-ring (bicyclic) bond motifs is 1. The maximum atomic E-state index is 13.9. The molecule has 0 unspecified atom stereocenters. The van der Waals surface area contributed by atoms with Gasteiger partial charge >= 0.3 is 0 Å². The number of hydrogen-bond donors (Lipinski definition) is 0. The van der Waals surface area contributed by atoms with Crippen molar-refractivity contribution in [3.8, 4) is 0 Å². The third-order valence-corrected chi connectivity index (χ3v) is 4.89. The van der Waals surface area contributed by atoms with E-state index in [0.29, 0.717) is 6.07 Å². The predicted molar refractivity (Wildman–Crippen MR) is 73.9 cm³/mol. The molecule has 0 N–H and O–H groups in total. The summed E-state index contributed by atoms with van der Waals surface area (Å²) in [6, 6.07) is 3.35. The van der Waals surface area contributed by atoms with Crippen molar-refractivity contribution >= 4 is 44.6 Å². The van der Waals surface area contributed by atoms with Gasteiger partial charge in [0.1, 0.15) is 5.82 Å². The number of benzene rings is 1. The number of thiophene rings is 1.